The molecule has 3 atom stereocenters. The van der Waals surface area contributed by atoms with Crippen LogP contribution in [0.25, 0.3) is 0 Å². The fraction of sp³-hybridized carbons (Fsp3) is 0.611. The second-order valence-corrected chi connectivity index (χ2v) is 6.57. The highest BCUT2D eigenvalue weighted by atomic mass is 35.5. The predicted octanol–water partition coefficient (Wildman–Crippen LogP) is 3.50. The molecule has 0 saturated carbocycles. The van der Waals surface area contributed by atoms with E-state index in [0.29, 0.717) is 18.9 Å². The van der Waals surface area contributed by atoms with Crippen molar-refractivity contribution in [3.63, 3.8) is 0 Å². The average Bonchev–Trinajstić information content (AvgIpc) is 2.47. The monoisotopic (exact) mass is 324 g/mol. The van der Waals surface area contributed by atoms with Gasteiger partial charge in [0.05, 0.1) is 0 Å². The predicted molar refractivity (Wildman–Crippen MR) is 94.4 cm³/mol. The van der Waals surface area contributed by atoms with E-state index in [1.807, 2.05) is 11.0 Å². The van der Waals surface area contributed by atoms with Crippen molar-refractivity contribution >= 4 is 18.3 Å². The topological polar surface area (TPSA) is 46.3 Å². The van der Waals surface area contributed by atoms with Crippen LogP contribution in [0.1, 0.15) is 50.2 Å². The number of nitrogens with two attached hydrogens (primary N) is 1. The Labute approximate surface area is 140 Å². The van der Waals surface area contributed by atoms with Crippen LogP contribution in [-0.4, -0.2) is 29.9 Å². The molecule has 0 bridgehead atoms. The van der Waals surface area contributed by atoms with E-state index in [2.05, 4.69) is 39.0 Å². The third-order valence-electron chi connectivity index (χ3n) is 4.77. The van der Waals surface area contributed by atoms with Crippen molar-refractivity contribution in [1.82, 2.24) is 4.90 Å². The minimum atomic E-state index is 0. The van der Waals surface area contributed by atoms with Crippen molar-refractivity contribution in [2.24, 2.45) is 11.7 Å². The van der Waals surface area contributed by atoms with Crippen LogP contribution in [0, 0.1) is 12.8 Å². The first kappa shape index (κ1) is 19.0. The lowest BCUT2D eigenvalue weighted by Crippen LogP contribution is -2.49. The van der Waals surface area contributed by atoms with E-state index in [1.165, 1.54) is 11.1 Å². The first-order valence-electron chi connectivity index (χ1n) is 8.08. The molecule has 124 valence electrons. The van der Waals surface area contributed by atoms with Crippen LogP contribution < -0.4 is 5.73 Å². The Morgan fingerprint density at radius 1 is 1.41 bits per heavy atom. The Hall–Kier alpha value is -1.06. The van der Waals surface area contributed by atoms with Crippen LogP contribution in [-0.2, 0) is 4.79 Å². The van der Waals surface area contributed by atoms with Crippen LogP contribution in [0.2, 0.25) is 0 Å². The van der Waals surface area contributed by atoms with Crippen LogP contribution in [0.5, 0.6) is 0 Å². The zero-order chi connectivity index (χ0) is 15.4. The minimum absolute atomic E-state index is 0. The van der Waals surface area contributed by atoms with E-state index >= 15 is 0 Å². The van der Waals surface area contributed by atoms with E-state index in [-0.39, 0.29) is 30.3 Å². The molecule has 3 nitrogen and oxygen atoms in total. The maximum absolute atomic E-state index is 12.6. The molecule has 2 N–H and O–H groups in total. The minimum Gasteiger partial charge on any atom is -0.338 e. The molecular formula is C18H29ClN2O. The quantitative estimate of drug-likeness (QED) is 0.921. The zero-order valence-corrected chi connectivity index (χ0v) is 14.7. The number of hydrogen-bond acceptors (Lipinski definition) is 2. The van der Waals surface area contributed by atoms with Gasteiger partial charge in [0, 0.05) is 25.6 Å². The molecule has 1 aromatic rings. The molecule has 4 heteroatoms. The smallest absolute Gasteiger partial charge is 0.223 e. The van der Waals surface area contributed by atoms with Crippen LogP contribution in [0.15, 0.2) is 24.3 Å². The molecule has 1 fully saturated rings. The lowest BCUT2D eigenvalue weighted by molar-refractivity contribution is -0.135. The van der Waals surface area contributed by atoms with Crippen LogP contribution in [0.4, 0.5) is 0 Å². The number of benzene rings is 1. The maximum atomic E-state index is 12.6. The lowest BCUT2D eigenvalue weighted by atomic mass is 9.90. The number of rotatable bonds is 4. The van der Waals surface area contributed by atoms with Crippen LogP contribution in [0.3, 0.4) is 0 Å². The third kappa shape index (κ3) is 4.47. The van der Waals surface area contributed by atoms with E-state index < -0.39 is 0 Å². The van der Waals surface area contributed by atoms with Crippen LogP contribution >= 0.6 is 12.4 Å². The number of hydrogen-bond donors (Lipinski definition) is 1. The van der Waals surface area contributed by atoms with Crippen molar-refractivity contribution in [3.8, 4) is 0 Å². The van der Waals surface area contributed by atoms with Gasteiger partial charge in [0.25, 0.3) is 0 Å². The lowest BCUT2D eigenvalue weighted by Gasteiger charge is -2.38. The summed E-state index contributed by atoms with van der Waals surface area (Å²) in [5.41, 5.74) is 8.41. The summed E-state index contributed by atoms with van der Waals surface area (Å²) in [5, 5.41) is 0. The molecule has 3 unspecified atom stereocenters. The second kappa shape index (κ2) is 8.54. The van der Waals surface area contributed by atoms with Crippen molar-refractivity contribution < 1.29 is 4.79 Å². The molecule has 1 aliphatic heterocycles. The van der Waals surface area contributed by atoms with E-state index in [0.717, 1.165) is 19.4 Å². The highest BCUT2D eigenvalue weighted by molar-refractivity contribution is 5.85. The number of nitrogens with zero attached hydrogens (tertiary/aromatic N) is 1. The Morgan fingerprint density at radius 3 is 2.73 bits per heavy atom. The third-order valence-corrected chi connectivity index (χ3v) is 4.77. The number of carbonyl (C=O) groups excluding carboxylic acids is 1. The SMILES string of the molecule is Cc1ccccc1C(C)CC(=O)N1CCC(C)CC1CN.Cl. The van der Waals surface area contributed by atoms with Gasteiger partial charge in [-0.05, 0) is 42.7 Å². The van der Waals surface area contributed by atoms with Gasteiger partial charge in [0.2, 0.25) is 5.91 Å². The zero-order valence-electron chi connectivity index (χ0n) is 13.9. The summed E-state index contributed by atoms with van der Waals surface area (Å²) in [4.78, 5) is 14.7. The molecule has 0 radical (unpaired) electrons. The molecule has 0 aromatic heterocycles. The van der Waals surface area contributed by atoms with E-state index in [4.69, 9.17) is 5.73 Å². The van der Waals surface area contributed by atoms with Gasteiger partial charge in [-0.3, -0.25) is 4.79 Å². The number of halogens is 1. The fourth-order valence-corrected chi connectivity index (χ4v) is 3.43. The number of aryl methyl sites for hydroxylation is 1. The first-order chi connectivity index (χ1) is 10.0. The Morgan fingerprint density at radius 2 is 2.09 bits per heavy atom. The summed E-state index contributed by atoms with van der Waals surface area (Å²) in [6.07, 6.45) is 2.72. The largest absolute Gasteiger partial charge is 0.338 e. The van der Waals surface area contributed by atoms with Gasteiger partial charge in [-0.2, -0.15) is 0 Å². The van der Waals surface area contributed by atoms with Gasteiger partial charge in [-0.1, -0.05) is 38.1 Å². The summed E-state index contributed by atoms with van der Waals surface area (Å²) < 4.78 is 0. The number of amides is 1. The molecule has 1 heterocycles. The molecule has 1 aliphatic rings. The molecule has 1 saturated heterocycles. The highest BCUT2D eigenvalue weighted by Gasteiger charge is 2.29. The van der Waals surface area contributed by atoms with Gasteiger partial charge < -0.3 is 10.6 Å². The maximum Gasteiger partial charge on any atom is 0.223 e. The second-order valence-electron chi connectivity index (χ2n) is 6.57. The van der Waals surface area contributed by atoms with Crippen molar-refractivity contribution in [1.29, 1.82) is 0 Å². The van der Waals surface area contributed by atoms with Gasteiger partial charge in [-0.15, -0.1) is 12.4 Å². The molecular weight excluding hydrogens is 296 g/mol. The fourth-order valence-electron chi connectivity index (χ4n) is 3.43. The molecule has 0 aliphatic carbocycles. The Balaban J connectivity index is 0.00000242. The standard InChI is InChI=1S/C18H28N2O.ClH/c1-13-8-9-20(16(10-13)12-19)18(21)11-15(3)17-7-5-4-6-14(17)2;/h4-7,13,15-16H,8-12,19H2,1-3H3;1H. The highest BCUT2D eigenvalue weighted by Crippen LogP contribution is 2.27. The summed E-state index contributed by atoms with van der Waals surface area (Å²) >= 11 is 0. The average molecular weight is 325 g/mol. The normalized spacial score (nSPS) is 22.8. The molecule has 2 rings (SSSR count). The molecule has 1 amide bonds. The molecule has 22 heavy (non-hydrogen) atoms. The van der Waals surface area contributed by atoms with E-state index in [1.54, 1.807) is 0 Å². The van der Waals surface area contributed by atoms with Gasteiger partial charge in [-0.25, -0.2) is 0 Å². The summed E-state index contributed by atoms with van der Waals surface area (Å²) in [6, 6.07) is 8.57. The Kier molecular flexibility index (Phi) is 7.37. The summed E-state index contributed by atoms with van der Waals surface area (Å²) in [6.45, 7) is 7.95. The Bertz CT molecular complexity index is 492. The first-order valence-corrected chi connectivity index (χ1v) is 8.08. The van der Waals surface area contributed by atoms with Gasteiger partial charge in [0.1, 0.15) is 0 Å². The van der Waals surface area contributed by atoms with E-state index in [9.17, 15) is 4.79 Å². The number of likely N-dealkylation sites (tertiary alicyclic amines) is 1. The van der Waals surface area contributed by atoms with Gasteiger partial charge in [0.15, 0.2) is 0 Å². The summed E-state index contributed by atoms with van der Waals surface area (Å²) in [5.74, 6) is 1.20. The van der Waals surface area contributed by atoms with Crippen molar-refractivity contribution in [2.75, 3.05) is 13.1 Å². The van der Waals surface area contributed by atoms with Crippen molar-refractivity contribution in [3.05, 3.63) is 35.4 Å². The van der Waals surface area contributed by atoms with Gasteiger partial charge >= 0.3 is 0 Å². The number of carbonyl (C=O) groups is 1. The molecule has 0 spiro atoms. The number of piperidine rings is 1. The molecule has 1 aromatic carbocycles. The summed E-state index contributed by atoms with van der Waals surface area (Å²) in [7, 11) is 0. The van der Waals surface area contributed by atoms with Crippen molar-refractivity contribution in [2.45, 2.75) is 52.0 Å².